The fraction of sp³-hybridized carbons (Fsp3) is 0.600. The van der Waals surface area contributed by atoms with Crippen LogP contribution in [0, 0.1) is 0 Å². The molecule has 0 spiro atoms. The first-order valence-corrected chi connectivity index (χ1v) is 7.38. The van der Waals surface area contributed by atoms with Crippen molar-refractivity contribution in [3.05, 3.63) is 29.3 Å². The predicted octanol–water partition coefficient (Wildman–Crippen LogP) is 3.60. The molecule has 1 nitrogen and oxygen atoms in total. The molecule has 0 heterocycles. The second kappa shape index (κ2) is 6.36. The maximum absolute atomic E-state index is 5.78. The summed E-state index contributed by atoms with van der Waals surface area (Å²) in [5.74, 6) is 1.14. The van der Waals surface area contributed by atoms with E-state index in [1.165, 1.54) is 16.3 Å². The zero-order chi connectivity index (χ0) is 13.0. The summed E-state index contributed by atoms with van der Waals surface area (Å²) in [6, 6.07) is 6.62. The van der Waals surface area contributed by atoms with E-state index in [4.69, 9.17) is 4.43 Å². The van der Waals surface area contributed by atoms with Crippen molar-refractivity contribution in [3.63, 3.8) is 0 Å². The van der Waals surface area contributed by atoms with Crippen LogP contribution in [-0.2, 0) is 4.43 Å². The fourth-order valence-corrected chi connectivity index (χ4v) is 3.07. The summed E-state index contributed by atoms with van der Waals surface area (Å²) in [4.78, 5) is 0. The Bertz CT molecular complexity index is 356. The molecule has 1 rings (SSSR count). The number of hydrogen-bond acceptors (Lipinski definition) is 1. The summed E-state index contributed by atoms with van der Waals surface area (Å²) in [6.45, 7) is 13.2. The fourth-order valence-electron chi connectivity index (χ4n) is 2.00. The van der Waals surface area contributed by atoms with Crippen molar-refractivity contribution in [2.75, 3.05) is 0 Å². The van der Waals surface area contributed by atoms with Crippen LogP contribution < -0.4 is 5.19 Å². The van der Waals surface area contributed by atoms with Crippen molar-refractivity contribution in [1.82, 2.24) is 0 Å². The largest absolute Gasteiger partial charge is 0.409 e. The highest BCUT2D eigenvalue weighted by Gasteiger charge is 2.15. The molecule has 2 heteroatoms. The van der Waals surface area contributed by atoms with Gasteiger partial charge >= 0.3 is 0 Å². The molecule has 0 amide bonds. The van der Waals surface area contributed by atoms with E-state index < -0.39 is 0 Å². The third-order valence-corrected chi connectivity index (χ3v) is 3.99. The summed E-state index contributed by atoms with van der Waals surface area (Å²) in [7, 11) is 0.466. The van der Waals surface area contributed by atoms with Crippen molar-refractivity contribution in [1.29, 1.82) is 0 Å². The summed E-state index contributed by atoms with van der Waals surface area (Å²) in [5.41, 5.74) is 2.96. The molecule has 0 fully saturated rings. The minimum absolute atomic E-state index is 0.302. The van der Waals surface area contributed by atoms with Gasteiger partial charge in [0.05, 0.1) is 0 Å². The van der Waals surface area contributed by atoms with Gasteiger partial charge in [0.2, 0.25) is 0 Å². The Morgan fingerprint density at radius 3 is 2.06 bits per heavy atom. The highest BCUT2D eigenvalue weighted by atomic mass is 28.2. The zero-order valence-electron chi connectivity index (χ0n) is 11.9. The van der Waals surface area contributed by atoms with Crippen molar-refractivity contribution >= 4 is 14.9 Å². The molecule has 0 unspecified atom stereocenters. The SMILES string of the molecule is CC(C)O[Si]c1cccc(C(C)C)c1C(C)C. The third kappa shape index (κ3) is 3.97. The lowest BCUT2D eigenvalue weighted by atomic mass is 9.91. The van der Waals surface area contributed by atoms with Crippen LogP contribution in [-0.4, -0.2) is 15.9 Å². The van der Waals surface area contributed by atoms with Gasteiger partial charge in [-0.05, 0) is 42.0 Å². The Labute approximate surface area is 109 Å². The van der Waals surface area contributed by atoms with Gasteiger partial charge in [-0.1, -0.05) is 45.9 Å². The van der Waals surface area contributed by atoms with Crippen LogP contribution in [0.2, 0.25) is 0 Å². The van der Waals surface area contributed by atoms with E-state index in [9.17, 15) is 0 Å². The molecular formula is C15H24OSi. The first-order chi connectivity index (χ1) is 7.93. The number of hydrogen-bond donors (Lipinski definition) is 0. The van der Waals surface area contributed by atoms with Gasteiger partial charge in [0, 0.05) is 6.10 Å². The number of benzene rings is 1. The predicted molar refractivity (Wildman–Crippen MR) is 76.2 cm³/mol. The van der Waals surface area contributed by atoms with Gasteiger partial charge in [-0.25, -0.2) is 0 Å². The molecule has 0 aliphatic rings. The molecule has 0 aliphatic heterocycles. The first-order valence-electron chi connectivity index (χ1n) is 6.48. The Hall–Kier alpha value is -0.603. The van der Waals surface area contributed by atoms with Gasteiger partial charge in [-0.2, -0.15) is 0 Å². The Kier molecular flexibility index (Phi) is 5.41. The molecule has 2 radical (unpaired) electrons. The van der Waals surface area contributed by atoms with E-state index in [1.807, 2.05) is 0 Å². The van der Waals surface area contributed by atoms with Gasteiger partial charge in [0.15, 0.2) is 0 Å². The summed E-state index contributed by atoms with van der Waals surface area (Å²) in [5, 5.41) is 1.37. The zero-order valence-corrected chi connectivity index (χ0v) is 12.9. The molecule has 0 atom stereocenters. The smallest absolute Gasteiger partial charge is 0.269 e. The summed E-state index contributed by atoms with van der Waals surface area (Å²) >= 11 is 0. The van der Waals surface area contributed by atoms with E-state index in [0.717, 1.165) is 0 Å². The Balaban J connectivity index is 3.07. The van der Waals surface area contributed by atoms with Crippen molar-refractivity contribution in [3.8, 4) is 0 Å². The van der Waals surface area contributed by atoms with Crippen LogP contribution in [0.15, 0.2) is 18.2 Å². The maximum atomic E-state index is 5.78. The molecule has 1 aromatic carbocycles. The molecule has 0 N–H and O–H groups in total. The summed E-state index contributed by atoms with van der Waals surface area (Å²) < 4.78 is 5.78. The van der Waals surface area contributed by atoms with Crippen LogP contribution in [0.1, 0.15) is 64.5 Å². The monoisotopic (exact) mass is 248 g/mol. The molecule has 0 aromatic heterocycles. The second-order valence-corrected chi connectivity index (χ2v) is 6.37. The van der Waals surface area contributed by atoms with Gasteiger partial charge in [0.25, 0.3) is 9.76 Å². The number of rotatable bonds is 5. The van der Waals surface area contributed by atoms with E-state index in [1.54, 1.807) is 0 Å². The van der Waals surface area contributed by atoms with E-state index in [-0.39, 0.29) is 0 Å². The summed E-state index contributed by atoms with van der Waals surface area (Å²) in [6.07, 6.45) is 0.302. The molecule has 94 valence electrons. The molecule has 1 aromatic rings. The average molecular weight is 248 g/mol. The third-order valence-electron chi connectivity index (χ3n) is 2.74. The average Bonchev–Trinajstić information content (AvgIpc) is 2.25. The van der Waals surface area contributed by atoms with Crippen LogP contribution in [0.4, 0.5) is 0 Å². The van der Waals surface area contributed by atoms with Gasteiger partial charge < -0.3 is 4.43 Å². The first kappa shape index (κ1) is 14.5. The minimum Gasteiger partial charge on any atom is -0.409 e. The van der Waals surface area contributed by atoms with Crippen molar-refractivity contribution < 1.29 is 4.43 Å². The van der Waals surface area contributed by atoms with Gasteiger partial charge in [-0.15, -0.1) is 0 Å². The lowest BCUT2D eigenvalue weighted by Gasteiger charge is -2.20. The topological polar surface area (TPSA) is 9.23 Å². The molecule has 0 saturated carbocycles. The van der Waals surface area contributed by atoms with Crippen LogP contribution in [0.5, 0.6) is 0 Å². The molecule has 0 bridgehead atoms. The lowest BCUT2D eigenvalue weighted by Crippen LogP contribution is -2.26. The van der Waals surface area contributed by atoms with Crippen LogP contribution in [0.3, 0.4) is 0 Å². The van der Waals surface area contributed by atoms with Gasteiger partial charge in [0.1, 0.15) is 0 Å². The Morgan fingerprint density at radius 2 is 1.59 bits per heavy atom. The normalized spacial score (nSPS) is 11.8. The molecule has 17 heavy (non-hydrogen) atoms. The van der Waals surface area contributed by atoms with Crippen LogP contribution >= 0.6 is 0 Å². The highest BCUT2D eigenvalue weighted by molar-refractivity contribution is 6.47. The maximum Gasteiger partial charge on any atom is 0.269 e. The molecule has 0 saturated heterocycles. The molecule has 0 aliphatic carbocycles. The minimum atomic E-state index is 0.302. The van der Waals surface area contributed by atoms with Gasteiger partial charge in [-0.3, -0.25) is 0 Å². The van der Waals surface area contributed by atoms with E-state index in [0.29, 0.717) is 27.7 Å². The Morgan fingerprint density at radius 1 is 0.941 bits per heavy atom. The second-order valence-electron chi connectivity index (χ2n) is 5.39. The van der Waals surface area contributed by atoms with Crippen molar-refractivity contribution in [2.24, 2.45) is 0 Å². The lowest BCUT2D eigenvalue weighted by molar-refractivity contribution is 0.260. The van der Waals surface area contributed by atoms with E-state index in [2.05, 4.69) is 59.7 Å². The standard InChI is InChI=1S/C15H24OSi/c1-10(2)13-8-7-9-14(15(13)11(3)4)17-16-12(5)6/h7-12H,1-6H3. The van der Waals surface area contributed by atoms with Crippen molar-refractivity contribution in [2.45, 2.75) is 59.5 Å². The highest BCUT2D eigenvalue weighted by Crippen LogP contribution is 2.24. The van der Waals surface area contributed by atoms with Crippen LogP contribution in [0.25, 0.3) is 0 Å². The molecular weight excluding hydrogens is 224 g/mol. The quantitative estimate of drug-likeness (QED) is 0.723. The van der Waals surface area contributed by atoms with E-state index >= 15 is 0 Å².